The number of methoxy groups -OCH3 is 2. The van der Waals surface area contributed by atoms with Gasteiger partial charge in [0.2, 0.25) is 0 Å². The van der Waals surface area contributed by atoms with Gasteiger partial charge >= 0.3 is 0 Å². The van der Waals surface area contributed by atoms with E-state index in [-0.39, 0.29) is 0 Å². The zero-order valence-corrected chi connectivity index (χ0v) is 11.5. The van der Waals surface area contributed by atoms with Crippen molar-refractivity contribution in [3.8, 4) is 11.5 Å². The van der Waals surface area contributed by atoms with Crippen molar-refractivity contribution in [1.82, 2.24) is 5.32 Å². The van der Waals surface area contributed by atoms with Crippen molar-refractivity contribution in [3.63, 3.8) is 0 Å². The van der Waals surface area contributed by atoms with Crippen LogP contribution in [0.25, 0.3) is 0 Å². The molecule has 0 aliphatic heterocycles. The summed E-state index contributed by atoms with van der Waals surface area (Å²) in [6.45, 7) is 4.23. The van der Waals surface area contributed by atoms with Gasteiger partial charge in [-0.3, -0.25) is 0 Å². The Bertz CT molecular complexity index is 388. The monoisotopic (exact) mass is 249 g/mol. The number of nitrogens with one attached hydrogen (secondary N) is 1. The fourth-order valence-corrected chi connectivity index (χ4v) is 2.29. The highest BCUT2D eigenvalue weighted by molar-refractivity contribution is 5.40. The fourth-order valence-electron chi connectivity index (χ4n) is 2.29. The van der Waals surface area contributed by atoms with E-state index in [0.717, 1.165) is 42.0 Å². The predicted molar refractivity (Wildman–Crippen MR) is 73.1 cm³/mol. The molecular formula is C15H23NO2. The van der Waals surface area contributed by atoms with Crippen LogP contribution in [0.2, 0.25) is 0 Å². The van der Waals surface area contributed by atoms with E-state index in [4.69, 9.17) is 9.47 Å². The molecule has 3 nitrogen and oxygen atoms in total. The minimum absolute atomic E-state index is 0.779. The lowest BCUT2D eigenvalue weighted by Gasteiger charge is -2.14. The maximum absolute atomic E-state index is 5.37. The van der Waals surface area contributed by atoms with E-state index in [9.17, 15) is 0 Å². The smallest absolute Gasteiger partial charge is 0.123 e. The van der Waals surface area contributed by atoms with Crippen molar-refractivity contribution < 1.29 is 9.47 Å². The predicted octanol–water partition coefficient (Wildman–Crippen LogP) is 2.84. The van der Waals surface area contributed by atoms with Gasteiger partial charge < -0.3 is 14.8 Å². The van der Waals surface area contributed by atoms with Crippen molar-refractivity contribution in [1.29, 1.82) is 0 Å². The fraction of sp³-hybridized carbons (Fsp3) is 0.600. The van der Waals surface area contributed by atoms with Crippen molar-refractivity contribution in [2.75, 3.05) is 20.8 Å². The van der Waals surface area contributed by atoms with E-state index in [1.54, 1.807) is 14.2 Å². The summed E-state index contributed by atoms with van der Waals surface area (Å²) in [7, 11) is 3.40. The van der Waals surface area contributed by atoms with Crippen LogP contribution >= 0.6 is 0 Å². The molecule has 3 heteroatoms. The quantitative estimate of drug-likeness (QED) is 0.806. The Labute approximate surface area is 109 Å². The lowest BCUT2D eigenvalue weighted by Crippen LogP contribution is -2.22. The van der Waals surface area contributed by atoms with E-state index < -0.39 is 0 Å². The molecule has 0 bridgehead atoms. The van der Waals surface area contributed by atoms with Crippen LogP contribution in [0, 0.1) is 11.8 Å². The van der Waals surface area contributed by atoms with Crippen LogP contribution < -0.4 is 14.8 Å². The molecule has 1 saturated carbocycles. The Kier molecular flexibility index (Phi) is 4.48. The zero-order valence-electron chi connectivity index (χ0n) is 11.5. The first kappa shape index (κ1) is 13.2. The molecular weight excluding hydrogens is 226 g/mol. The highest BCUT2D eigenvalue weighted by atomic mass is 16.5. The van der Waals surface area contributed by atoms with Crippen molar-refractivity contribution in [3.05, 3.63) is 23.8 Å². The van der Waals surface area contributed by atoms with Gasteiger partial charge in [-0.15, -0.1) is 0 Å². The Morgan fingerprint density at radius 3 is 2.67 bits per heavy atom. The molecule has 0 amide bonds. The molecule has 1 fully saturated rings. The van der Waals surface area contributed by atoms with Gasteiger partial charge in [0.05, 0.1) is 14.2 Å². The third-order valence-corrected chi connectivity index (χ3v) is 3.70. The zero-order chi connectivity index (χ0) is 13.0. The average molecular weight is 249 g/mol. The minimum atomic E-state index is 0.779. The third-order valence-electron chi connectivity index (χ3n) is 3.70. The number of rotatable bonds is 7. The summed E-state index contributed by atoms with van der Waals surface area (Å²) in [4.78, 5) is 0. The van der Waals surface area contributed by atoms with Crippen molar-refractivity contribution >= 4 is 0 Å². The molecule has 1 N–H and O–H groups in total. The molecule has 1 unspecified atom stereocenters. The molecule has 0 spiro atoms. The first-order valence-corrected chi connectivity index (χ1v) is 6.66. The Morgan fingerprint density at radius 1 is 1.28 bits per heavy atom. The van der Waals surface area contributed by atoms with Crippen LogP contribution in [-0.2, 0) is 6.54 Å². The van der Waals surface area contributed by atoms with Crippen LogP contribution in [0.5, 0.6) is 11.5 Å². The molecule has 1 aliphatic carbocycles. The SMILES string of the molecule is COc1ccc(OC)c(CNCC(C)C2CC2)c1. The van der Waals surface area contributed by atoms with Crippen LogP contribution in [0.3, 0.4) is 0 Å². The molecule has 0 saturated heterocycles. The van der Waals surface area contributed by atoms with Gasteiger partial charge in [-0.05, 0) is 49.4 Å². The second-order valence-corrected chi connectivity index (χ2v) is 5.12. The first-order valence-electron chi connectivity index (χ1n) is 6.66. The summed E-state index contributed by atoms with van der Waals surface area (Å²) in [5, 5.41) is 3.51. The maximum Gasteiger partial charge on any atom is 0.123 e. The number of hydrogen-bond donors (Lipinski definition) is 1. The molecule has 0 radical (unpaired) electrons. The van der Waals surface area contributed by atoms with Gasteiger partial charge in [-0.25, -0.2) is 0 Å². The van der Waals surface area contributed by atoms with E-state index >= 15 is 0 Å². The topological polar surface area (TPSA) is 30.5 Å². The second kappa shape index (κ2) is 6.10. The molecule has 100 valence electrons. The molecule has 2 rings (SSSR count). The Balaban J connectivity index is 1.89. The second-order valence-electron chi connectivity index (χ2n) is 5.12. The van der Waals surface area contributed by atoms with Crippen LogP contribution in [0.1, 0.15) is 25.3 Å². The van der Waals surface area contributed by atoms with Gasteiger partial charge in [0.15, 0.2) is 0 Å². The molecule has 1 aliphatic rings. The standard InChI is InChI=1S/C15H23NO2/c1-11(12-4-5-12)9-16-10-13-8-14(17-2)6-7-15(13)18-3/h6-8,11-12,16H,4-5,9-10H2,1-3H3. The van der Waals surface area contributed by atoms with Gasteiger partial charge in [-0.1, -0.05) is 6.92 Å². The molecule has 1 atom stereocenters. The van der Waals surface area contributed by atoms with Crippen LogP contribution in [0.4, 0.5) is 0 Å². The largest absolute Gasteiger partial charge is 0.497 e. The highest BCUT2D eigenvalue weighted by Gasteiger charge is 2.27. The minimum Gasteiger partial charge on any atom is -0.497 e. The molecule has 0 aromatic heterocycles. The summed E-state index contributed by atoms with van der Waals surface area (Å²) in [6.07, 6.45) is 2.82. The summed E-state index contributed by atoms with van der Waals surface area (Å²) in [5.74, 6) is 3.52. The summed E-state index contributed by atoms with van der Waals surface area (Å²) in [6, 6.07) is 5.92. The molecule has 18 heavy (non-hydrogen) atoms. The van der Waals surface area contributed by atoms with Gasteiger partial charge in [0.25, 0.3) is 0 Å². The van der Waals surface area contributed by atoms with Crippen LogP contribution in [0.15, 0.2) is 18.2 Å². The molecule has 0 heterocycles. The molecule has 1 aromatic rings. The van der Waals surface area contributed by atoms with Crippen molar-refractivity contribution in [2.24, 2.45) is 11.8 Å². The van der Waals surface area contributed by atoms with Crippen LogP contribution in [-0.4, -0.2) is 20.8 Å². The number of benzene rings is 1. The van der Waals surface area contributed by atoms with E-state index in [1.165, 1.54) is 12.8 Å². The average Bonchev–Trinajstić information content (AvgIpc) is 3.22. The van der Waals surface area contributed by atoms with E-state index in [1.807, 2.05) is 18.2 Å². The lowest BCUT2D eigenvalue weighted by molar-refractivity contribution is 0.394. The Morgan fingerprint density at radius 2 is 2.06 bits per heavy atom. The highest BCUT2D eigenvalue weighted by Crippen LogP contribution is 2.36. The lowest BCUT2D eigenvalue weighted by atomic mass is 10.1. The first-order chi connectivity index (χ1) is 8.74. The Hall–Kier alpha value is -1.22. The summed E-state index contributed by atoms with van der Waals surface area (Å²) >= 11 is 0. The van der Waals surface area contributed by atoms with E-state index in [2.05, 4.69) is 12.2 Å². The third kappa shape index (κ3) is 3.39. The summed E-state index contributed by atoms with van der Waals surface area (Å²) < 4.78 is 10.6. The van der Waals surface area contributed by atoms with Crippen molar-refractivity contribution in [2.45, 2.75) is 26.3 Å². The van der Waals surface area contributed by atoms with E-state index in [0.29, 0.717) is 0 Å². The number of ether oxygens (including phenoxy) is 2. The molecule has 1 aromatic carbocycles. The summed E-state index contributed by atoms with van der Waals surface area (Å²) in [5.41, 5.74) is 1.15. The maximum atomic E-state index is 5.37. The van der Waals surface area contributed by atoms with Gasteiger partial charge in [-0.2, -0.15) is 0 Å². The van der Waals surface area contributed by atoms with Gasteiger partial charge in [0.1, 0.15) is 11.5 Å². The van der Waals surface area contributed by atoms with Gasteiger partial charge in [0, 0.05) is 12.1 Å². The normalized spacial score (nSPS) is 16.4. The number of hydrogen-bond acceptors (Lipinski definition) is 3.